The van der Waals surface area contributed by atoms with Crippen molar-refractivity contribution in [1.82, 2.24) is 4.90 Å². The van der Waals surface area contributed by atoms with E-state index in [1.165, 1.54) is 12.8 Å². The third kappa shape index (κ3) is 3.95. The molecule has 0 aromatic heterocycles. The van der Waals surface area contributed by atoms with Gasteiger partial charge in [0.25, 0.3) is 0 Å². The predicted molar refractivity (Wildman–Crippen MR) is 83.1 cm³/mol. The molecule has 114 valence electrons. The number of anilines is 2. The molecule has 5 nitrogen and oxygen atoms in total. The van der Waals surface area contributed by atoms with Gasteiger partial charge in [0.2, 0.25) is 5.91 Å². The fourth-order valence-electron chi connectivity index (χ4n) is 3.13. The number of nitrogens with zero attached hydrogens (tertiary/aromatic N) is 1. The molecule has 3 N–H and O–H groups in total. The highest BCUT2D eigenvalue weighted by Crippen LogP contribution is 2.26. The van der Waals surface area contributed by atoms with Crippen LogP contribution in [0.1, 0.15) is 25.7 Å². The molecule has 2 unspecified atom stereocenters. The second kappa shape index (κ2) is 6.45. The molecule has 1 amide bonds. The maximum absolute atomic E-state index is 11.9. The van der Waals surface area contributed by atoms with Crippen LogP contribution in [0.15, 0.2) is 24.3 Å². The molecule has 2 aliphatic heterocycles. The van der Waals surface area contributed by atoms with E-state index in [4.69, 9.17) is 10.5 Å². The highest BCUT2D eigenvalue weighted by Gasteiger charge is 2.33. The SMILES string of the molecule is Nc1ccc(NC(=O)CCCN2CC3CCC(C2)O3)cc1. The number of rotatable bonds is 5. The zero-order valence-corrected chi connectivity index (χ0v) is 12.3. The number of benzene rings is 1. The average molecular weight is 289 g/mol. The van der Waals surface area contributed by atoms with Crippen LogP contribution in [0.5, 0.6) is 0 Å². The predicted octanol–water partition coefficient (Wildman–Crippen LogP) is 1.85. The van der Waals surface area contributed by atoms with E-state index < -0.39 is 0 Å². The highest BCUT2D eigenvalue weighted by atomic mass is 16.5. The first kappa shape index (κ1) is 14.4. The Kier molecular flexibility index (Phi) is 4.41. The van der Waals surface area contributed by atoms with Gasteiger partial charge in [-0.1, -0.05) is 0 Å². The zero-order valence-electron chi connectivity index (χ0n) is 12.3. The number of nitrogens with one attached hydrogen (secondary N) is 1. The summed E-state index contributed by atoms with van der Waals surface area (Å²) in [7, 11) is 0. The van der Waals surface area contributed by atoms with Crippen molar-refractivity contribution in [1.29, 1.82) is 0 Å². The number of fused-ring (bicyclic) bond motifs is 2. The minimum atomic E-state index is 0.0657. The number of amides is 1. The summed E-state index contributed by atoms with van der Waals surface area (Å²) in [6.07, 6.45) is 4.68. The Hall–Kier alpha value is -1.59. The van der Waals surface area contributed by atoms with Gasteiger partial charge < -0.3 is 15.8 Å². The van der Waals surface area contributed by atoms with Crippen molar-refractivity contribution < 1.29 is 9.53 Å². The Morgan fingerprint density at radius 2 is 1.90 bits per heavy atom. The van der Waals surface area contributed by atoms with E-state index in [1.807, 2.05) is 12.1 Å². The number of nitrogens with two attached hydrogens (primary N) is 1. The van der Waals surface area contributed by atoms with Crippen molar-refractivity contribution in [3.63, 3.8) is 0 Å². The molecule has 0 radical (unpaired) electrons. The molecule has 2 aliphatic rings. The van der Waals surface area contributed by atoms with Crippen molar-refractivity contribution in [3.8, 4) is 0 Å². The Bertz CT molecular complexity index is 477. The Morgan fingerprint density at radius 3 is 2.57 bits per heavy atom. The molecule has 21 heavy (non-hydrogen) atoms. The smallest absolute Gasteiger partial charge is 0.224 e. The molecule has 0 aliphatic carbocycles. The number of morpholine rings is 1. The van der Waals surface area contributed by atoms with Gasteiger partial charge in [-0.3, -0.25) is 9.69 Å². The summed E-state index contributed by atoms with van der Waals surface area (Å²) < 4.78 is 5.81. The second-order valence-corrected chi connectivity index (χ2v) is 5.99. The van der Waals surface area contributed by atoms with Crippen LogP contribution in [-0.2, 0) is 9.53 Å². The van der Waals surface area contributed by atoms with Gasteiger partial charge in [0.1, 0.15) is 0 Å². The molecule has 3 rings (SSSR count). The fourth-order valence-corrected chi connectivity index (χ4v) is 3.13. The van der Waals surface area contributed by atoms with Gasteiger partial charge in [0, 0.05) is 30.9 Å². The van der Waals surface area contributed by atoms with E-state index in [-0.39, 0.29) is 5.91 Å². The summed E-state index contributed by atoms with van der Waals surface area (Å²) in [5.74, 6) is 0.0657. The van der Waals surface area contributed by atoms with Gasteiger partial charge in [-0.05, 0) is 50.1 Å². The van der Waals surface area contributed by atoms with Crippen LogP contribution < -0.4 is 11.1 Å². The van der Waals surface area contributed by atoms with E-state index >= 15 is 0 Å². The van der Waals surface area contributed by atoms with Crippen LogP contribution in [0.3, 0.4) is 0 Å². The quantitative estimate of drug-likeness (QED) is 0.812. The van der Waals surface area contributed by atoms with Crippen molar-refractivity contribution in [2.75, 3.05) is 30.7 Å². The zero-order chi connectivity index (χ0) is 14.7. The molecule has 0 spiro atoms. The first-order chi connectivity index (χ1) is 10.2. The number of carbonyl (C=O) groups excluding carboxylic acids is 1. The van der Waals surface area contributed by atoms with Crippen molar-refractivity contribution in [2.45, 2.75) is 37.9 Å². The van der Waals surface area contributed by atoms with Crippen molar-refractivity contribution in [2.24, 2.45) is 0 Å². The van der Waals surface area contributed by atoms with Crippen molar-refractivity contribution >= 4 is 17.3 Å². The normalized spacial score (nSPS) is 25.0. The molecule has 0 saturated carbocycles. The van der Waals surface area contributed by atoms with Gasteiger partial charge in [-0.2, -0.15) is 0 Å². The Morgan fingerprint density at radius 1 is 1.24 bits per heavy atom. The summed E-state index contributed by atoms with van der Waals surface area (Å²) in [6.45, 7) is 3.03. The lowest BCUT2D eigenvalue weighted by molar-refractivity contribution is -0.116. The lowest BCUT2D eigenvalue weighted by Gasteiger charge is -2.31. The number of hydrogen-bond acceptors (Lipinski definition) is 4. The van der Waals surface area contributed by atoms with Crippen LogP contribution in [-0.4, -0.2) is 42.6 Å². The van der Waals surface area contributed by atoms with Crippen LogP contribution in [0, 0.1) is 0 Å². The lowest BCUT2D eigenvalue weighted by atomic mass is 10.2. The molecule has 2 fully saturated rings. The number of ether oxygens (including phenoxy) is 1. The summed E-state index contributed by atoms with van der Waals surface area (Å²) >= 11 is 0. The third-order valence-corrected chi connectivity index (χ3v) is 4.19. The van der Waals surface area contributed by atoms with Gasteiger partial charge >= 0.3 is 0 Å². The Labute approximate surface area is 125 Å². The molecule has 1 aromatic rings. The Balaban J connectivity index is 1.37. The molecule has 2 saturated heterocycles. The minimum absolute atomic E-state index is 0.0657. The number of hydrogen-bond donors (Lipinski definition) is 2. The fraction of sp³-hybridized carbons (Fsp3) is 0.562. The summed E-state index contributed by atoms with van der Waals surface area (Å²) in [6, 6.07) is 7.23. The van der Waals surface area contributed by atoms with E-state index in [0.29, 0.717) is 24.3 Å². The molecule has 2 bridgehead atoms. The van der Waals surface area contributed by atoms with E-state index in [1.54, 1.807) is 12.1 Å². The lowest BCUT2D eigenvalue weighted by Crippen LogP contribution is -2.43. The molecular weight excluding hydrogens is 266 g/mol. The highest BCUT2D eigenvalue weighted by molar-refractivity contribution is 5.90. The molecular formula is C16H23N3O2. The number of nitrogen functional groups attached to an aromatic ring is 1. The standard InChI is InChI=1S/C16H23N3O2/c17-12-3-5-13(6-4-12)18-16(20)2-1-9-19-10-14-7-8-15(11-19)21-14/h3-6,14-15H,1-2,7-11,17H2,(H,18,20). The minimum Gasteiger partial charge on any atom is -0.399 e. The maximum atomic E-state index is 11.9. The van der Waals surface area contributed by atoms with Gasteiger partial charge in [-0.25, -0.2) is 0 Å². The van der Waals surface area contributed by atoms with Crippen LogP contribution in [0.4, 0.5) is 11.4 Å². The van der Waals surface area contributed by atoms with Crippen molar-refractivity contribution in [3.05, 3.63) is 24.3 Å². The third-order valence-electron chi connectivity index (χ3n) is 4.19. The first-order valence-electron chi connectivity index (χ1n) is 7.72. The van der Waals surface area contributed by atoms with E-state index in [9.17, 15) is 4.79 Å². The second-order valence-electron chi connectivity index (χ2n) is 5.99. The summed E-state index contributed by atoms with van der Waals surface area (Å²) in [4.78, 5) is 14.3. The van der Waals surface area contributed by atoms with E-state index in [2.05, 4.69) is 10.2 Å². The van der Waals surface area contributed by atoms with Gasteiger partial charge in [0.15, 0.2) is 0 Å². The molecule has 1 aromatic carbocycles. The maximum Gasteiger partial charge on any atom is 0.224 e. The van der Waals surface area contributed by atoms with E-state index in [0.717, 1.165) is 31.7 Å². The van der Waals surface area contributed by atoms with Crippen LogP contribution >= 0.6 is 0 Å². The summed E-state index contributed by atoms with van der Waals surface area (Å²) in [5, 5.41) is 2.90. The topological polar surface area (TPSA) is 67.6 Å². The average Bonchev–Trinajstić information content (AvgIpc) is 2.80. The summed E-state index contributed by atoms with van der Waals surface area (Å²) in [5.41, 5.74) is 7.13. The van der Waals surface area contributed by atoms with Gasteiger partial charge in [-0.15, -0.1) is 0 Å². The van der Waals surface area contributed by atoms with Crippen LogP contribution in [0.2, 0.25) is 0 Å². The largest absolute Gasteiger partial charge is 0.399 e. The van der Waals surface area contributed by atoms with Crippen LogP contribution in [0.25, 0.3) is 0 Å². The number of likely N-dealkylation sites (tertiary alicyclic amines) is 1. The monoisotopic (exact) mass is 289 g/mol. The molecule has 2 heterocycles. The molecule has 5 heteroatoms. The first-order valence-corrected chi connectivity index (χ1v) is 7.72. The molecule has 2 atom stereocenters. The van der Waals surface area contributed by atoms with Gasteiger partial charge in [0.05, 0.1) is 12.2 Å². The number of carbonyl (C=O) groups is 1.